The Morgan fingerprint density at radius 3 is 2.29 bits per heavy atom. The van der Waals surface area contributed by atoms with E-state index in [9.17, 15) is 4.39 Å². The van der Waals surface area contributed by atoms with Crippen LogP contribution in [-0.2, 0) is 4.74 Å². The molecule has 0 aromatic carbocycles. The molecular formula is C12H20FN3O. The third kappa shape index (κ3) is 2.91. The normalized spacial score (nSPS) is 13.6. The Labute approximate surface area is 102 Å². The minimum atomic E-state index is -0.417. The molecule has 0 spiro atoms. The largest absolute Gasteiger partial charge is 0.373 e. The monoisotopic (exact) mass is 241 g/mol. The summed E-state index contributed by atoms with van der Waals surface area (Å²) in [5.41, 5.74) is 0.176. The minimum absolute atomic E-state index is 0.149. The summed E-state index contributed by atoms with van der Waals surface area (Å²) < 4.78 is 19.0. The molecule has 0 aliphatic heterocycles. The Hall–Kier alpha value is -1.23. The van der Waals surface area contributed by atoms with Crippen LogP contribution in [0.2, 0.25) is 0 Å². The molecule has 1 aromatic heterocycles. The average Bonchev–Trinajstić information content (AvgIpc) is 2.21. The van der Waals surface area contributed by atoms with Gasteiger partial charge in [-0.05, 0) is 12.3 Å². The summed E-state index contributed by atoms with van der Waals surface area (Å²) in [6.07, 6.45) is -0.270. The first-order valence-corrected chi connectivity index (χ1v) is 5.55. The molecule has 96 valence electrons. The van der Waals surface area contributed by atoms with E-state index in [0.29, 0.717) is 11.5 Å². The molecular weight excluding hydrogens is 221 g/mol. The fourth-order valence-electron chi connectivity index (χ4n) is 1.71. The lowest BCUT2D eigenvalue weighted by atomic mass is 9.88. The summed E-state index contributed by atoms with van der Waals surface area (Å²) in [7, 11) is 3.24. The number of methoxy groups -OCH3 is 1. The highest BCUT2D eigenvalue weighted by atomic mass is 19.1. The Kier molecular flexibility index (Phi) is 4.03. The van der Waals surface area contributed by atoms with Crippen LogP contribution in [0.3, 0.4) is 0 Å². The van der Waals surface area contributed by atoms with Crippen LogP contribution >= 0.6 is 0 Å². The van der Waals surface area contributed by atoms with Crippen molar-refractivity contribution in [1.29, 1.82) is 0 Å². The second-order valence-electron chi connectivity index (χ2n) is 5.06. The predicted molar refractivity (Wildman–Crippen MR) is 65.5 cm³/mol. The van der Waals surface area contributed by atoms with Crippen molar-refractivity contribution in [2.75, 3.05) is 19.5 Å². The quantitative estimate of drug-likeness (QED) is 0.883. The fraction of sp³-hybridized carbons (Fsp3) is 0.667. The van der Waals surface area contributed by atoms with Crippen molar-refractivity contribution in [3.63, 3.8) is 0 Å². The molecule has 1 N–H and O–H groups in total. The Bertz CT molecular complexity index is 401. The molecule has 0 radical (unpaired) electrons. The molecule has 4 nitrogen and oxygen atoms in total. The van der Waals surface area contributed by atoms with E-state index in [-0.39, 0.29) is 17.3 Å². The maximum absolute atomic E-state index is 13.6. The van der Waals surface area contributed by atoms with Crippen molar-refractivity contribution in [3.8, 4) is 0 Å². The van der Waals surface area contributed by atoms with Gasteiger partial charge in [-0.3, -0.25) is 0 Å². The molecule has 1 atom stereocenters. The number of nitrogens with one attached hydrogen (secondary N) is 1. The van der Waals surface area contributed by atoms with Gasteiger partial charge in [-0.1, -0.05) is 20.8 Å². The molecule has 5 heteroatoms. The summed E-state index contributed by atoms with van der Waals surface area (Å²) in [6.45, 7) is 7.71. The third-order valence-corrected chi connectivity index (χ3v) is 2.53. The maximum atomic E-state index is 13.6. The zero-order chi connectivity index (χ0) is 13.2. The Morgan fingerprint density at radius 1 is 1.29 bits per heavy atom. The second-order valence-corrected chi connectivity index (χ2v) is 5.06. The van der Waals surface area contributed by atoms with E-state index >= 15 is 0 Å². The first-order valence-electron chi connectivity index (χ1n) is 5.55. The van der Waals surface area contributed by atoms with Crippen LogP contribution in [0.4, 0.5) is 10.2 Å². The van der Waals surface area contributed by atoms with E-state index < -0.39 is 5.82 Å². The van der Waals surface area contributed by atoms with E-state index in [0.717, 1.165) is 0 Å². The summed E-state index contributed by atoms with van der Waals surface area (Å²) in [6, 6.07) is 0. The molecule has 1 heterocycles. The molecule has 0 saturated heterocycles. The number of halogens is 1. The number of hydrogen-bond donors (Lipinski definition) is 1. The molecule has 1 unspecified atom stereocenters. The van der Waals surface area contributed by atoms with Gasteiger partial charge in [0, 0.05) is 14.2 Å². The fourth-order valence-corrected chi connectivity index (χ4v) is 1.71. The van der Waals surface area contributed by atoms with E-state index in [1.807, 2.05) is 20.8 Å². The topological polar surface area (TPSA) is 47.0 Å². The van der Waals surface area contributed by atoms with Gasteiger partial charge in [0.05, 0.1) is 5.69 Å². The molecule has 17 heavy (non-hydrogen) atoms. The number of rotatable bonds is 3. The third-order valence-electron chi connectivity index (χ3n) is 2.53. The maximum Gasteiger partial charge on any atom is 0.186 e. The molecule has 1 aromatic rings. The number of anilines is 1. The van der Waals surface area contributed by atoms with Gasteiger partial charge in [0.2, 0.25) is 0 Å². The first kappa shape index (κ1) is 13.8. The smallest absolute Gasteiger partial charge is 0.186 e. The zero-order valence-electron chi connectivity index (χ0n) is 11.3. The SMILES string of the molecule is CNc1nc(C(OC)C(C)(C)C)nc(C)c1F. The molecule has 0 fully saturated rings. The van der Waals surface area contributed by atoms with Crippen molar-refractivity contribution in [3.05, 3.63) is 17.3 Å². The van der Waals surface area contributed by atoms with Gasteiger partial charge in [-0.15, -0.1) is 0 Å². The highest BCUT2D eigenvalue weighted by Crippen LogP contribution is 2.34. The van der Waals surface area contributed by atoms with Crippen molar-refractivity contribution in [1.82, 2.24) is 9.97 Å². The van der Waals surface area contributed by atoms with E-state index in [2.05, 4.69) is 15.3 Å². The van der Waals surface area contributed by atoms with E-state index in [1.165, 1.54) is 0 Å². The summed E-state index contributed by atoms with van der Waals surface area (Å²) in [4.78, 5) is 8.33. The van der Waals surface area contributed by atoms with Gasteiger partial charge in [0.25, 0.3) is 0 Å². The Morgan fingerprint density at radius 2 is 1.88 bits per heavy atom. The predicted octanol–water partition coefficient (Wildman–Crippen LogP) is 2.70. The van der Waals surface area contributed by atoms with Crippen molar-refractivity contribution in [2.24, 2.45) is 5.41 Å². The number of aromatic nitrogens is 2. The van der Waals surface area contributed by atoms with E-state index in [1.54, 1.807) is 21.1 Å². The first-order chi connectivity index (χ1) is 7.81. The highest BCUT2D eigenvalue weighted by molar-refractivity contribution is 5.37. The average molecular weight is 241 g/mol. The highest BCUT2D eigenvalue weighted by Gasteiger charge is 2.29. The molecule has 1 rings (SSSR count). The van der Waals surface area contributed by atoms with Crippen LogP contribution in [0, 0.1) is 18.2 Å². The molecule has 0 amide bonds. The number of aryl methyl sites for hydroxylation is 1. The lowest BCUT2D eigenvalue weighted by Crippen LogP contribution is -2.23. The zero-order valence-corrected chi connectivity index (χ0v) is 11.3. The van der Waals surface area contributed by atoms with Gasteiger partial charge in [0.15, 0.2) is 17.5 Å². The van der Waals surface area contributed by atoms with Crippen molar-refractivity contribution < 1.29 is 9.13 Å². The number of ether oxygens (including phenoxy) is 1. The summed E-state index contributed by atoms with van der Waals surface area (Å²) in [5, 5.41) is 2.73. The lowest BCUT2D eigenvalue weighted by molar-refractivity contribution is 0.00852. The molecule has 0 aliphatic carbocycles. The van der Waals surface area contributed by atoms with Crippen molar-refractivity contribution in [2.45, 2.75) is 33.8 Å². The van der Waals surface area contributed by atoms with Gasteiger partial charge >= 0.3 is 0 Å². The van der Waals surface area contributed by atoms with Crippen LogP contribution in [-0.4, -0.2) is 24.1 Å². The van der Waals surface area contributed by atoms with Gasteiger partial charge in [0.1, 0.15) is 6.10 Å². The Balaban J connectivity index is 3.26. The van der Waals surface area contributed by atoms with Crippen LogP contribution in [0.1, 0.15) is 38.4 Å². The number of nitrogens with zero attached hydrogens (tertiary/aromatic N) is 2. The molecule has 0 saturated carbocycles. The summed E-state index contributed by atoms with van der Waals surface area (Å²) >= 11 is 0. The van der Waals surface area contributed by atoms with Crippen molar-refractivity contribution >= 4 is 5.82 Å². The van der Waals surface area contributed by atoms with Crippen LogP contribution in [0.5, 0.6) is 0 Å². The van der Waals surface area contributed by atoms with Gasteiger partial charge < -0.3 is 10.1 Å². The van der Waals surface area contributed by atoms with E-state index in [4.69, 9.17) is 4.74 Å². The standard InChI is InChI=1S/C12H20FN3O/c1-7-8(13)10(14-5)16-11(15-7)9(17-6)12(2,3)4/h9H,1-6H3,(H,14,15,16). The minimum Gasteiger partial charge on any atom is -0.373 e. The molecule has 0 aliphatic rings. The summed E-state index contributed by atoms with van der Waals surface area (Å²) in [5.74, 6) is 0.294. The number of hydrogen-bond acceptors (Lipinski definition) is 4. The molecule has 0 bridgehead atoms. The van der Waals surface area contributed by atoms with Crippen LogP contribution in [0.25, 0.3) is 0 Å². The second kappa shape index (κ2) is 4.96. The van der Waals surface area contributed by atoms with Gasteiger partial charge in [-0.2, -0.15) is 0 Å². The van der Waals surface area contributed by atoms with Crippen LogP contribution < -0.4 is 5.32 Å². The van der Waals surface area contributed by atoms with Crippen LogP contribution in [0.15, 0.2) is 0 Å². The lowest BCUT2D eigenvalue weighted by Gasteiger charge is -2.28. The van der Waals surface area contributed by atoms with Gasteiger partial charge in [-0.25, -0.2) is 14.4 Å².